The molecule has 31 heavy (non-hydrogen) atoms. The summed E-state index contributed by atoms with van der Waals surface area (Å²) in [5, 5.41) is 19.8. The summed E-state index contributed by atoms with van der Waals surface area (Å²) in [7, 11) is 1.26. The molecule has 5 nitrogen and oxygen atoms in total. The van der Waals surface area contributed by atoms with E-state index in [-0.39, 0.29) is 22.4 Å². The summed E-state index contributed by atoms with van der Waals surface area (Å²) in [5.41, 5.74) is 11.1. The third-order valence-corrected chi connectivity index (χ3v) is 5.45. The molecule has 3 aromatic carbocycles. The molecule has 0 aliphatic carbocycles. The van der Waals surface area contributed by atoms with Crippen molar-refractivity contribution in [2.24, 2.45) is 0 Å². The normalized spacial score (nSPS) is 10.2. The van der Waals surface area contributed by atoms with Crippen LogP contribution in [0.5, 0.6) is 0 Å². The van der Waals surface area contributed by atoms with Crippen LogP contribution in [0.2, 0.25) is 0 Å². The summed E-state index contributed by atoms with van der Waals surface area (Å²) < 4.78 is 5.01. The van der Waals surface area contributed by atoms with Crippen molar-refractivity contribution in [3.8, 4) is 34.4 Å². The standard InChI is InChI=1S/C26H23N3O2/c1-4-16-6-10-18(11-7-16)22-20(14-27)25(29)21(15-28)24(26(30)31-3)23(22)19-12-8-17(5-2)9-13-19/h6-13H,4-5,29H2,1-3H3. The Kier molecular flexibility index (Phi) is 6.38. The van der Waals surface area contributed by atoms with Crippen molar-refractivity contribution >= 4 is 11.7 Å². The molecule has 3 aromatic rings. The molecule has 0 spiro atoms. The summed E-state index contributed by atoms with van der Waals surface area (Å²) in [5.74, 6) is -0.672. The minimum Gasteiger partial charge on any atom is -0.465 e. The third-order valence-electron chi connectivity index (χ3n) is 5.45. The molecule has 0 saturated carbocycles. The zero-order chi connectivity index (χ0) is 22.5. The van der Waals surface area contributed by atoms with Crippen LogP contribution in [0.15, 0.2) is 48.5 Å². The number of aryl methyl sites for hydroxylation is 2. The Morgan fingerprint density at radius 1 is 0.839 bits per heavy atom. The van der Waals surface area contributed by atoms with Gasteiger partial charge >= 0.3 is 5.97 Å². The number of benzene rings is 3. The molecule has 0 fully saturated rings. The van der Waals surface area contributed by atoms with Gasteiger partial charge in [-0.15, -0.1) is 0 Å². The number of rotatable bonds is 5. The van der Waals surface area contributed by atoms with Crippen LogP contribution in [-0.4, -0.2) is 13.1 Å². The second-order valence-corrected chi connectivity index (χ2v) is 7.10. The van der Waals surface area contributed by atoms with Crippen molar-refractivity contribution in [2.75, 3.05) is 12.8 Å². The van der Waals surface area contributed by atoms with Crippen molar-refractivity contribution in [1.82, 2.24) is 0 Å². The van der Waals surface area contributed by atoms with Crippen molar-refractivity contribution in [1.29, 1.82) is 10.5 Å². The molecule has 0 atom stereocenters. The number of nitrogens with zero attached hydrogens (tertiary/aromatic N) is 2. The third kappa shape index (κ3) is 3.86. The lowest BCUT2D eigenvalue weighted by atomic mass is 9.83. The van der Waals surface area contributed by atoms with Crippen LogP contribution < -0.4 is 5.73 Å². The molecule has 0 aliphatic rings. The maximum Gasteiger partial charge on any atom is 0.339 e. The summed E-state index contributed by atoms with van der Waals surface area (Å²) in [6.07, 6.45) is 1.74. The molecule has 0 radical (unpaired) electrons. The minimum absolute atomic E-state index is 0.0195. The van der Waals surface area contributed by atoms with Gasteiger partial charge in [0.05, 0.1) is 29.5 Å². The van der Waals surface area contributed by atoms with Gasteiger partial charge < -0.3 is 10.5 Å². The SMILES string of the molecule is CCc1ccc(-c2c(C#N)c(N)c(C#N)c(C(=O)OC)c2-c2ccc(CC)cc2)cc1. The van der Waals surface area contributed by atoms with E-state index in [0.717, 1.165) is 29.5 Å². The highest BCUT2D eigenvalue weighted by Gasteiger charge is 2.29. The van der Waals surface area contributed by atoms with E-state index in [4.69, 9.17) is 10.5 Å². The Morgan fingerprint density at radius 2 is 1.29 bits per heavy atom. The lowest BCUT2D eigenvalue weighted by Crippen LogP contribution is -2.12. The second-order valence-electron chi connectivity index (χ2n) is 7.10. The van der Waals surface area contributed by atoms with Crippen LogP contribution in [0, 0.1) is 22.7 Å². The quantitative estimate of drug-likeness (QED) is 0.458. The number of nitriles is 2. The van der Waals surface area contributed by atoms with Crippen LogP contribution in [0.4, 0.5) is 5.69 Å². The van der Waals surface area contributed by atoms with Crippen LogP contribution in [0.1, 0.15) is 46.5 Å². The number of methoxy groups -OCH3 is 1. The first-order chi connectivity index (χ1) is 15.0. The second kappa shape index (κ2) is 9.15. The topological polar surface area (TPSA) is 99.9 Å². The largest absolute Gasteiger partial charge is 0.465 e. The monoisotopic (exact) mass is 409 g/mol. The van der Waals surface area contributed by atoms with E-state index in [2.05, 4.69) is 19.9 Å². The van der Waals surface area contributed by atoms with Crippen molar-refractivity contribution in [3.05, 3.63) is 76.3 Å². The molecule has 0 bridgehead atoms. The molecule has 0 heterocycles. The molecule has 0 aromatic heterocycles. The van der Waals surface area contributed by atoms with Crippen molar-refractivity contribution in [2.45, 2.75) is 26.7 Å². The minimum atomic E-state index is -0.672. The highest BCUT2D eigenvalue weighted by Crippen LogP contribution is 2.43. The van der Waals surface area contributed by atoms with Crippen LogP contribution in [-0.2, 0) is 17.6 Å². The van der Waals surface area contributed by atoms with Gasteiger partial charge in [-0.2, -0.15) is 10.5 Å². The Hall–Kier alpha value is -4.09. The molecular weight excluding hydrogens is 386 g/mol. The van der Waals surface area contributed by atoms with Gasteiger partial charge in [0.1, 0.15) is 12.1 Å². The number of anilines is 1. The highest BCUT2D eigenvalue weighted by atomic mass is 16.5. The van der Waals surface area contributed by atoms with E-state index < -0.39 is 5.97 Å². The maximum atomic E-state index is 12.8. The average molecular weight is 409 g/mol. The highest BCUT2D eigenvalue weighted by molar-refractivity contribution is 6.08. The Bertz CT molecular complexity index is 1210. The van der Waals surface area contributed by atoms with E-state index in [9.17, 15) is 15.3 Å². The zero-order valence-electron chi connectivity index (χ0n) is 17.8. The smallest absolute Gasteiger partial charge is 0.339 e. The maximum absolute atomic E-state index is 12.8. The number of carbonyl (C=O) groups excluding carboxylic acids is 1. The van der Waals surface area contributed by atoms with Gasteiger partial charge in [-0.3, -0.25) is 0 Å². The van der Waals surface area contributed by atoms with Gasteiger partial charge in [0.2, 0.25) is 0 Å². The van der Waals surface area contributed by atoms with Crippen LogP contribution in [0.25, 0.3) is 22.3 Å². The van der Waals surface area contributed by atoms with Gasteiger partial charge in [0, 0.05) is 11.1 Å². The van der Waals surface area contributed by atoms with Gasteiger partial charge in [-0.05, 0) is 35.1 Å². The molecule has 5 heteroatoms. The fraction of sp³-hybridized carbons (Fsp3) is 0.192. The van der Waals surface area contributed by atoms with E-state index in [1.807, 2.05) is 54.6 Å². The summed E-state index contributed by atoms with van der Waals surface area (Å²) >= 11 is 0. The Balaban J connectivity index is 2.52. The average Bonchev–Trinajstić information content (AvgIpc) is 2.82. The number of carbonyl (C=O) groups is 1. The van der Waals surface area contributed by atoms with Gasteiger partial charge in [-0.1, -0.05) is 62.4 Å². The summed E-state index contributed by atoms with van der Waals surface area (Å²) in [6, 6.07) is 19.7. The van der Waals surface area contributed by atoms with Crippen molar-refractivity contribution < 1.29 is 9.53 Å². The molecular formula is C26H23N3O2. The Morgan fingerprint density at radius 3 is 1.68 bits per heavy atom. The van der Waals surface area contributed by atoms with Gasteiger partial charge in [0.25, 0.3) is 0 Å². The van der Waals surface area contributed by atoms with E-state index in [1.54, 1.807) is 0 Å². The summed E-state index contributed by atoms with van der Waals surface area (Å²) in [6.45, 7) is 4.12. The summed E-state index contributed by atoms with van der Waals surface area (Å²) in [4.78, 5) is 12.8. The van der Waals surface area contributed by atoms with Gasteiger partial charge in [-0.25, -0.2) is 4.79 Å². The lowest BCUT2D eigenvalue weighted by Gasteiger charge is -2.20. The first-order valence-corrected chi connectivity index (χ1v) is 10.1. The van der Waals surface area contributed by atoms with Crippen LogP contribution in [0.3, 0.4) is 0 Å². The van der Waals surface area contributed by atoms with Crippen LogP contribution >= 0.6 is 0 Å². The predicted molar refractivity (Wildman–Crippen MR) is 121 cm³/mol. The molecule has 0 amide bonds. The number of esters is 1. The predicted octanol–water partition coefficient (Wildman–Crippen LogP) is 5.26. The van der Waals surface area contributed by atoms with Gasteiger partial charge in [0.15, 0.2) is 0 Å². The molecule has 0 unspecified atom stereocenters. The van der Waals surface area contributed by atoms with E-state index in [0.29, 0.717) is 16.7 Å². The number of ether oxygens (including phenoxy) is 1. The Labute approximate surface area is 182 Å². The first kappa shape index (κ1) is 21.6. The molecule has 154 valence electrons. The number of nitrogens with two attached hydrogens (primary N) is 1. The van der Waals surface area contributed by atoms with Crippen molar-refractivity contribution in [3.63, 3.8) is 0 Å². The molecule has 0 aliphatic heterocycles. The fourth-order valence-corrected chi connectivity index (χ4v) is 3.70. The zero-order valence-corrected chi connectivity index (χ0v) is 17.8. The fourth-order valence-electron chi connectivity index (χ4n) is 3.70. The number of hydrogen-bond donors (Lipinski definition) is 1. The molecule has 3 rings (SSSR count). The number of nitrogen functional groups attached to an aromatic ring is 1. The number of hydrogen-bond acceptors (Lipinski definition) is 5. The molecule has 2 N–H and O–H groups in total. The first-order valence-electron chi connectivity index (χ1n) is 10.1. The lowest BCUT2D eigenvalue weighted by molar-refractivity contribution is 0.0601. The molecule has 0 saturated heterocycles. The van der Waals surface area contributed by atoms with E-state index >= 15 is 0 Å². The van der Waals surface area contributed by atoms with E-state index in [1.165, 1.54) is 7.11 Å².